The molecule has 0 aromatic carbocycles. The third-order valence-corrected chi connectivity index (χ3v) is 2.96. The normalized spacial score (nSPS) is 30.7. The summed E-state index contributed by atoms with van der Waals surface area (Å²) in [5.41, 5.74) is 0. The Bertz CT molecular complexity index is 156. The van der Waals surface area contributed by atoms with Gasteiger partial charge in [0.05, 0.1) is 0 Å². The molecule has 2 fully saturated rings. The summed E-state index contributed by atoms with van der Waals surface area (Å²) in [4.78, 5) is 2.41. The summed E-state index contributed by atoms with van der Waals surface area (Å²) in [5.74, 6) is 0. The van der Waals surface area contributed by atoms with Gasteiger partial charge in [0.2, 0.25) is 0 Å². The molecule has 3 nitrogen and oxygen atoms in total. The summed E-state index contributed by atoms with van der Waals surface area (Å²) >= 11 is 0. The van der Waals surface area contributed by atoms with Gasteiger partial charge in [0, 0.05) is 31.7 Å². The molecule has 0 amide bonds. The second-order valence-corrected chi connectivity index (χ2v) is 4.43. The lowest BCUT2D eigenvalue weighted by Crippen LogP contribution is -2.49. The highest BCUT2D eigenvalue weighted by Gasteiger charge is 2.21. The molecule has 1 heterocycles. The number of hydrogen-bond acceptors (Lipinski definition) is 3. The van der Waals surface area contributed by atoms with Crippen molar-refractivity contribution in [2.75, 3.05) is 33.2 Å². The van der Waals surface area contributed by atoms with Crippen molar-refractivity contribution >= 4 is 0 Å². The van der Waals surface area contributed by atoms with E-state index in [0.29, 0.717) is 6.04 Å². The zero-order valence-corrected chi connectivity index (χ0v) is 8.55. The number of nitrogens with zero attached hydrogens (tertiary/aromatic N) is 1. The average Bonchev–Trinajstić information content (AvgIpc) is 2.88. The van der Waals surface area contributed by atoms with Gasteiger partial charge in [0.25, 0.3) is 0 Å². The fourth-order valence-electron chi connectivity index (χ4n) is 1.93. The molecule has 3 heteroatoms. The van der Waals surface area contributed by atoms with E-state index in [1.165, 1.54) is 38.9 Å². The molecule has 1 atom stereocenters. The SMILES string of the molecule is CN1CCNC(CCNC2CC2)C1. The minimum atomic E-state index is 0.713. The summed E-state index contributed by atoms with van der Waals surface area (Å²) in [7, 11) is 2.21. The molecule has 2 N–H and O–H groups in total. The van der Waals surface area contributed by atoms with Crippen LogP contribution in [0, 0.1) is 0 Å². The first-order valence-corrected chi connectivity index (χ1v) is 5.50. The lowest BCUT2D eigenvalue weighted by Gasteiger charge is -2.30. The smallest absolute Gasteiger partial charge is 0.0207 e. The fourth-order valence-corrected chi connectivity index (χ4v) is 1.93. The molecule has 13 heavy (non-hydrogen) atoms. The molecule has 76 valence electrons. The van der Waals surface area contributed by atoms with E-state index < -0.39 is 0 Å². The molecule has 0 aromatic heterocycles. The Morgan fingerprint density at radius 3 is 3.00 bits per heavy atom. The fraction of sp³-hybridized carbons (Fsp3) is 1.00. The minimum Gasteiger partial charge on any atom is -0.314 e. The van der Waals surface area contributed by atoms with Crippen molar-refractivity contribution in [1.29, 1.82) is 0 Å². The molecule has 0 bridgehead atoms. The monoisotopic (exact) mass is 183 g/mol. The molecule has 1 saturated heterocycles. The quantitative estimate of drug-likeness (QED) is 0.644. The predicted octanol–water partition coefficient (Wildman–Crippen LogP) is 0.0321. The van der Waals surface area contributed by atoms with Crippen molar-refractivity contribution in [3.05, 3.63) is 0 Å². The second kappa shape index (κ2) is 4.40. The lowest BCUT2D eigenvalue weighted by molar-refractivity contribution is 0.231. The van der Waals surface area contributed by atoms with E-state index >= 15 is 0 Å². The van der Waals surface area contributed by atoms with Crippen LogP contribution in [0.15, 0.2) is 0 Å². The highest BCUT2D eigenvalue weighted by atomic mass is 15.2. The van der Waals surface area contributed by atoms with Gasteiger partial charge < -0.3 is 15.5 Å². The van der Waals surface area contributed by atoms with Gasteiger partial charge in [-0.2, -0.15) is 0 Å². The molecule has 1 unspecified atom stereocenters. The molecule has 1 aliphatic heterocycles. The van der Waals surface area contributed by atoms with Crippen molar-refractivity contribution in [2.45, 2.75) is 31.3 Å². The van der Waals surface area contributed by atoms with Crippen LogP contribution in [0.1, 0.15) is 19.3 Å². The van der Waals surface area contributed by atoms with E-state index in [1.807, 2.05) is 0 Å². The van der Waals surface area contributed by atoms with Crippen LogP contribution >= 0.6 is 0 Å². The largest absolute Gasteiger partial charge is 0.314 e. The van der Waals surface area contributed by atoms with Crippen LogP contribution in [-0.4, -0.2) is 50.2 Å². The van der Waals surface area contributed by atoms with Crippen LogP contribution in [-0.2, 0) is 0 Å². The van der Waals surface area contributed by atoms with E-state index in [4.69, 9.17) is 0 Å². The van der Waals surface area contributed by atoms with Gasteiger partial charge in [-0.1, -0.05) is 0 Å². The minimum absolute atomic E-state index is 0.713. The van der Waals surface area contributed by atoms with Gasteiger partial charge in [-0.3, -0.25) is 0 Å². The standard InChI is InChI=1S/C10H21N3/c1-13-7-6-12-10(8-13)4-5-11-9-2-3-9/h9-12H,2-8H2,1H3. The van der Waals surface area contributed by atoms with Gasteiger partial charge in [0.1, 0.15) is 0 Å². The average molecular weight is 183 g/mol. The third-order valence-electron chi connectivity index (χ3n) is 2.96. The summed E-state index contributed by atoms with van der Waals surface area (Å²) in [6.07, 6.45) is 4.08. The van der Waals surface area contributed by atoms with E-state index in [-0.39, 0.29) is 0 Å². The van der Waals surface area contributed by atoms with Gasteiger partial charge in [-0.25, -0.2) is 0 Å². The van der Waals surface area contributed by atoms with Crippen LogP contribution in [0.3, 0.4) is 0 Å². The van der Waals surface area contributed by atoms with E-state index in [9.17, 15) is 0 Å². The Morgan fingerprint density at radius 1 is 1.46 bits per heavy atom. The lowest BCUT2D eigenvalue weighted by atomic mass is 10.1. The molecule has 1 saturated carbocycles. The van der Waals surface area contributed by atoms with E-state index in [0.717, 1.165) is 12.6 Å². The van der Waals surface area contributed by atoms with Crippen LogP contribution in [0.25, 0.3) is 0 Å². The maximum atomic E-state index is 3.56. The van der Waals surface area contributed by atoms with Crippen LogP contribution in [0.4, 0.5) is 0 Å². The molecule has 2 rings (SSSR count). The second-order valence-electron chi connectivity index (χ2n) is 4.43. The highest BCUT2D eigenvalue weighted by molar-refractivity contribution is 4.83. The summed E-state index contributed by atoms with van der Waals surface area (Å²) in [6.45, 7) is 4.76. The Kier molecular flexibility index (Phi) is 3.19. The molecule has 0 aromatic rings. The molecule has 0 radical (unpaired) electrons. The maximum Gasteiger partial charge on any atom is 0.0207 e. The van der Waals surface area contributed by atoms with Gasteiger partial charge >= 0.3 is 0 Å². The number of piperazine rings is 1. The topological polar surface area (TPSA) is 27.3 Å². The molecular formula is C10H21N3. The van der Waals surface area contributed by atoms with Crippen molar-refractivity contribution in [1.82, 2.24) is 15.5 Å². The summed E-state index contributed by atoms with van der Waals surface area (Å²) in [5, 5.41) is 7.12. The zero-order valence-electron chi connectivity index (χ0n) is 8.55. The predicted molar refractivity (Wildman–Crippen MR) is 54.9 cm³/mol. The Morgan fingerprint density at radius 2 is 2.31 bits per heavy atom. The van der Waals surface area contributed by atoms with Gasteiger partial charge in [-0.05, 0) is 32.9 Å². The number of hydrogen-bond donors (Lipinski definition) is 2. The first kappa shape index (κ1) is 9.44. The Labute approximate surface area is 80.9 Å². The first-order chi connectivity index (χ1) is 6.34. The summed E-state index contributed by atoms with van der Waals surface area (Å²) < 4.78 is 0. The highest BCUT2D eigenvalue weighted by Crippen LogP contribution is 2.18. The van der Waals surface area contributed by atoms with Gasteiger partial charge in [0.15, 0.2) is 0 Å². The van der Waals surface area contributed by atoms with Gasteiger partial charge in [-0.15, -0.1) is 0 Å². The third kappa shape index (κ3) is 3.25. The van der Waals surface area contributed by atoms with E-state index in [2.05, 4.69) is 22.6 Å². The van der Waals surface area contributed by atoms with Crippen molar-refractivity contribution < 1.29 is 0 Å². The Balaban J connectivity index is 1.56. The zero-order chi connectivity index (χ0) is 9.10. The molecule has 0 spiro atoms. The number of likely N-dealkylation sites (N-methyl/N-ethyl adjacent to an activating group) is 1. The number of rotatable bonds is 4. The van der Waals surface area contributed by atoms with Crippen molar-refractivity contribution in [3.63, 3.8) is 0 Å². The van der Waals surface area contributed by atoms with Crippen LogP contribution in [0.2, 0.25) is 0 Å². The first-order valence-electron chi connectivity index (χ1n) is 5.50. The summed E-state index contributed by atoms with van der Waals surface area (Å²) in [6, 6.07) is 1.58. The van der Waals surface area contributed by atoms with Crippen molar-refractivity contribution in [2.24, 2.45) is 0 Å². The molecule has 1 aliphatic carbocycles. The maximum absolute atomic E-state index is 3.56. The van der Waals surface area contributed by atoms with Crippen LogP contribution in [0.5, 0.6) is 0 Å². The molecular weight excluding hydrogens is 162 g/mol. The molecule has 2 aliphatic rings. The van der Waals surface area contributed by atoms with Crippen molar-refractivity contribution in [3.8, 4) is 0 Å². The Hall–Kier alpha value is -0.120. The number of nitrogens with one attached hydrogen (secondary N) is 2. The van der Waals surface area contributed by atoms with Crippen LogP contribution < -0.4 is 10.6 Å². The van der Waals surface area contributed by atoms with E-state index in [1.54, 1.807) is 0 Å².